The fourth-order valence-corrected chi connectivity index (χ4v) is 4.07. The van der Waals surface area contributed by atoms with Crippen LogP contribution in [0.5, 0.6) is 0 Å². The number of likely N-dealkylation sites (tertiary alicyclic amines) is 2. The summed E-state index contributed by atoms with van der Waals surface area (Å²) in [5, 5.41) is 0. The predicted molar refractivity (Wildman–Crippen MR) is 89.9 cm³/mol. The number of hydrogen-bond donors (Lipinski definition) is 0. The molecule has 2 heterocycles. The Hall–Kier alpha value is -1.35. The van der Waals surface area contributed by atoms with Gasteiger partial charge < -0.3 is 9.80 Å². The molecular formula is C19H28N2O. The van der Waals surface area contributed by atoms with Crippen LogP contribution < -0.4 is 0 Å². The molecule has 0 spiro atoms. The molecule has 0 saturated carbocycles. The van der Waals surface area contributed by atoms with E-state index in [1.807, 2.05) is 0 Å². The van der Waals surface area contributed by atoms with Crippen molar-refractivity contribution in [2.75, 3.05) is 20.1 Å². The summed E-state index contributed by atoms with van der Waals surface area (Å²) < 4.78 is 0. The van der Waals surface area contributed by atoms with Crippen LogP contribution >= 0.6 is 0 Å². The third-order valence-corrected chi connectivity index (χ3v) is 5.39. The van der Waals surface area contributed by atoms with E-state index in [2.05, 4.69) is 48.0 Å². The van der Waals surface area contributed by atoms with E-state index in [1.165, 1.54) is 43.4 Å². The molecule has 0 aliphatic carbocycles. The van der Waals surface area contributed by atoms with Gasteiger partial charge in [0.25, 0.3) is 0 Å². The molecule has 2 fully saturated rings. The van der Waals surface area contributed by atoms with Crippen LogP contribution in [0.15, 0.2) is 24.3 Å². The molecular weight excluding hydrogens is 272 g/mol. The second-order valence-electron chi connectivity index (χ2n) is 6.97. The highest BCUT2D eigenvalue weighted by Crippen LogP contribution is 2.29. The van der Waals surface area contributed by atoms with Crippen molar-refractivity contribution in [2.24, 2.45) is 0 Å². The first-order chi connectivity index (χ1) is 10.6. The highest BCUT2D eigenvalue weighted by atomic mass is 16.2. The molecule has 0 aromatic heterocycles. The van der Waals surface area contributed by atoms with E-state index in [1.54, 1.807) is 0 Å². The van der Waals surface area contributed by atoms with Crippen molar-refractivity contribution < 1.29 is 4.79 Å². The Labute approximate surface area is 134 Å². The fourth-order valence-electron chi connectivity index (χ4n) is 4.07. The van der Waals surface area contributed by atoms with Gasteiger partial charge in [0.1, 0.15) is 0 Å². The van der Waals surface area contributed by atoms with E-state index in [0.717, 1.165) is 13.0 Å². The van der Waals surface area contributed by atoms with Gasteiger partial charge in [0, 0.05) is 25.0 Å². The molecule has 0 N–H and O–H groups in total. The third kappa shape index (κ3) is 3.35. The second-order valence-corrected chi connectivity index (χ2v) is 6.97. The molecule has 120 valence electrons. The lowest BCUT2D eigenvalue weighted by Gasteiger charge is -2.33. The summed E-state index contributed by atoms with van der Waals surface area (Å²) in [5.41, 5.74) is 2.55. The summed E-state index contributed by atoms with van der Waals surface area (Å²) in [6.45, 7) is 4.25. The van der Waals surface area contributed by atoms with Crippen LogP contribution in [-0.2, 0) is 11.2 Å². The maximum Gasteiger partial charge on any atom is 0.223 e. The average molecular weight is 300 g/mol. The number of aryl methyl sites for hydroxylation is 2. The highest BCUT2D eigenvalue weighted by Gasteiger charge is 2.37. The van der Waals surface area contributed by atoms with Crippen LogP contribution in [0.1, 0.15) is 43.2 Å². The first-order valence-electron chi connectivity index (χ1n) is 8.70. The minimum atomic E-state index is 0.350. The minimum Gasteiger partial charge on any atom is -0.338 e. The Balaban J connectivity index is 1.57. The van der Waals surface area contributed by atoms with Crippen molar-refractivity contribution >= 4 is 5.91 Å². The Bertz CT molecular complexity index is 511. The zero-order valence-corrected chi connectivity index (χ0v) is 13.9. The molecule has 22 heavy (non-hydrogen) atoms. The van der Waals surface area contributed by atoms with E-state index in [-0.39, 0.29) is 0 Å². The Morgan fingerprint density at radius 3 is 2.45 bits per heavy atom. The van der Waals surface area contributed by atoms with Crippen LogP contribution in [0.3, 0.4) is 0 Å². The molecule has 2 saturated heterocycles. The molecule has 3 heteroatoms. The number of nitrogens with zero attached hydrogens (tertiary/aromatic N) is 2. The van der Waals surface area contributed by atoms with Gasteiger partial charge in [0.05, 0.1) is 0 Å². The van der Waals surface area contributed by atoms with E-state index < -0.39 is 0 Å². The summed E-state index contributed by atoms with van der Waals surface area (Å²) in [4.78, 5) is 17.3. The smallest absolute Gasteiger partial charge is 0.223 e. The van der Waals surface area contributed by atoms with Crippen molar-refractivity contribution in [3.63, 3.8) is 0 Å². The van der Waals surface area contributed by atoms with E-state index >= 15 is 0 Å². The maximum atomic E-state index is 12.7. The molecule has 2 unspecified atom stereocenters. The molecule has 1 aromatic carbocycles. The number of benzene rings is 1. The number of amides is 1. The Morgan fingerprint density at radius 2 is 1.77 bits per heavy atom. The Morgan fingerprint density at radius 1 is 1.09 bits per heavy atom. The Kier molecular flexibility index (Phi) is 4.82. The zero-order valence-electron chi connectivity index (χ0n) is 13.9. The number of likely N-dealkylation sites (N-methyl/N-ethyl adjacent to an activating group) is 1. The average Bonchev–Trinajstić information content (AvgIpc) is 3.14. The summed E-state index contributed by atoms with van der Waals surface area (Å²) in [7, 11) is 2.21. The van der Waals surface area contributed by atoms with Gasteiger partial charge >= 0.3 is 0 Å². The quantitative estimate of drug-likeness (QED) is 0.853. The van der Waals surface area contributed by atoms with Crippen molar-refractivity contribution in [3.8, 4) is 0 Å². The number of carbonyl (C=O) groups is 1. The predicted octanol–water partition coefficient (Wildman–Crippen LogP) is 3.01. The molecule has 2 atom stereocenters. The lowest BCUT2D eigenvalue weighted by molar-refractivity contribution is -0.132. The van der Waals surface area contributed by atoms with Crippen molar-refractivity contribution in [2.45, 2.75) is 57.5 Å². The van der Waals surface area contributed by atoms with Gasteiger partial charge in [0.2, 0.25) is 5.91 Å². The number of carbonyl (C=O) groups excluding carboxylic acids is 1. The molecule has 3 nitrogen and oxygen atoms in total. The SMILES string of the molecule is Cc1ccc(CCC(=O)N2CCCC2C2CCCN2C)cc1. The lowest BCUT2D eigenvalue weighted by atomic mass is 10.0. The van der Waals surface area contributed by atoms with Crippen molar-refractivity contribution in [3.05, 3.63) is 35.4 Å². The minimum absolute atomic E-state index is 0.350. The molecule has 0 bridgehead atoms. The summed E-state index contributed by atoms with van der Waals surface area (Å²) in [5.74, 6) is 0.350. The third-order valence-electron chi connectivity index (χ3n) is 5.39. The topological polar surface area (TPSA) is 23.6 Å². The lowest BCUT2D eigenvalue weighted by Crippen LogP contribution is -2.47. The van der Waals surface area contributed by atoms with Gasteiger partial charge in [0.15, 0.2) is 0 Å². The highest BCUT2D eigenvalue weighted by molar-refractivity contribution is 5.77. The first kappa shape index (κ1) is 15.5. The van der Waals surface area contributed by atoms with E-state index in [4.69, 9.17) is 0 Å². The molecule has 1 amide bonds. The molecule has 2 aliphatic heterocycles. The molecule has 1 aromatic rings. The summed E-state index contributed by atoms with van der Waals surface area (Å²) in [6.07, 6.45) is 6.40. The van der Waals surface area contributed by atoms with Crippen LogP contribution in [-0.4, -0.2) is 47.9 Å². The van der Waals surface area contributed by atoms with Crippen LogP contribution in [0.2, 0.25) is 0 Å². The largest absolute Gasteiger partial charge is 0.338 e. The first-order valence-corrected chi connectivity index (χ1v) is 8.70. The van der Waals surface area contributed by atoms with Gasteiger partial charge in [-0.25, -0.2) is 0 Å². The summed E-state index contributed by atoms with van der Waals surface area (Å²) in [6, 6.07) is 9.60. The van der Waals surface area contributed by atoms with Gasteiger partial charge in [-0.1, -0.05) is 29.8 Å². The van der Waals surface area contributed by atoms with Crippen molar-refractivity contribution in [1.29, 1.82) is 0 Å². The van der Waals surface area contributed by atoms with Crippen molar-refractivity contribution in [1.82, 2.24) is 9.80 Å². The van der Waals surface area contributed by atoms with Gasteiger partial charge in [-0.3, -0.25) is 4.79 Å². The zero-order chi connectivity index (χ0) is 15.5. The van der Waals surface area contributed by atoms with Gasteiger partial charge in [-0.05, 0) is 58.2 Å². The van der Waals surface area contributed by atoms with Crippen LogP contribution in [0.4, 0.5) is 0 Å². The van der Waals surface area contributed by atoms with Gasteiger partial charge in [-0.2, -0.15) is 0 Å². The van der Waals surface area contributed by atoms with Crippen LogP contribution in [0, 0.1) is 6.92 Å². The monoisotopic (exact) mass is 300 g/mol. The van der Waals surface area contributed by atoms with Crippen LogP contribution in [0.25, 0.3) is 0 Å². The van der Waals surface area contributed by atoms with E-state index in [9.17, 15) is 4.79 Å². The number of hydrogen-bond acceptors (Lipinski definition) is 2. The maximum absolute atomic E-state index is 12.7. The molecule has 0 radical (unpaired) electrons. The fraction of sp³-hybridized carbons (Fsp3) is 0.632. The molecule has 2 aliphatic rings. The standard InChI is InChI=1S/C19H28N2O/c1-15-7-9-16(10-8-15)11-12-19(22)21-14-4-6-18(21)17-5-3-13-20(17)2/h7-10,17-18H,3-6,11-14H2,1-2H3. The number of rotatable bonds is 4. The normalized spacial score (nSPS) is 25.8. The van der Waals surface area contributed by atoms with E-state index in [0.29, 0.717) is 24.4 Å². The second kappa shape index (κ2) is 6.82. The van der Waals surface area contributed by atoms with Gasteiger partial charge in [-0.15, -0.1) is 0 Å². The molecule has 3 rings (SSSR count). The summed E-state index contributed by atoms with van der Waals surface area (Å²) >= 11 is 0.